The predicted molar refractivity (Wildman–Crippen MR) is 142 cm³/mol. The molecule has 1 amide bonds. The summed E-state index contributed by atoms with van der Waals surface area (Å²) in [5.74, 6) is 0.793. The number of nitrogens with zero attached hydrogens (tertiary/aromatic N) is 2. The number of carbonyl (C=O) groups excluding carboxylic acids is 1. The van der Waals surface area contributed by atoms with Gasteiger partial charge in [0.2, 0.25) is 5.91 Å². The molecular formula is C28H35N3O3S. The van der Waals surface area contributed by atoms with E-state index < -0.39 is 0 Å². The average Bonchev–Trinajstić information content (AvgIpc) is 3.24. The summed E-state index contributed by atoms with van der Waals surface area (Å²) in [5, 5.41) is 3.65. The van der Waals surface area contributed by atoms with Gasteiger partial charge in [-0.1, -0.05) is 74.6 Å². The van der Waals surface area contributed by atoms with Crippen LogP contribution in [0.5, 0.6) is 5.75 Å². The molecule has 1 aromatic heterocycles. The number of anilines is 1. The maximum absolute atomic E-state index is 12.6. The summed E-state index contributed by atoms with van der Waals surface area (Å²) in [4.78, 5) is 20.9. The number of amides is 1. The summed E-state index contributed by atoms with van der Waals surface area (Å²) < 4.78 is 11.3. The lowest BCUT2D eigenvalue weighted by Crippen LogP contribution is -2.35. The fraction of sp³-hybridized carbons (Fsp3) is 0.429. The van der Waals surface area contributed by atoms with Gasteiger partial charge >= 0.3 is 0 Å². The molecule has 1 N–H and O–H groups in total. The number of thiazole rings is 1. The Morgan fingerprint density at radius 1 is 1.09 bits per heavy atom. The number of aromatic nitrogens is 1. The highest BCUT2D eigenvalue weighted by molar-refractivity contribution is 7.16. The molecule has 35 heavy (non-hydrogen) atoms. The molecule has 2 heterocycles. The topological polar surface area (TPSA) is 63.7 Å². The smallest absolute Gasteiger partial charge is 0.226 e. The molecule has 0 aliphatic carbocycles. The van der Waals surface area contributed by atoms with Gasteiger partial charge in [0, 0.05) is 36.5 Å². The minimum Gasteiger partial charge on any atom is -0.494 e. The molecule has 4 rings (SSSR count). The van der Waals surface area contributed by atoms with Gasteiger partial charge in [-0.2, -0.15) is 0 Å². The van der Waals surface area contributed by atoms with Crippen molar-refractivity contribution < 1.29 is 14.3 Å². The maximum atomic E-state index is 12.6. The van der Waals surface area contributed by atoms with Crippen LogP contribution >= 0.6 is 11.3 Å². The number of morpholine rings is 1. The van der Waals surface area contributed by atoms with Crippen LogP contribution in [0.25, 0.3) is 11.3 Å². The van der Waals surface area contributed by atoms with E-state index in [2.05, 4.69) is 55.3 Å². The molecule has 1 saturated heterocycles. The molecule has 1 aliphatic heterocycles. The van der Waals surface area contributed by atoms with E-state index in [0.29, 0.717) is 24.6 Å². The highest BCUT2D eigenvalue weighted by atomic mass is 32.1. The van der Waals surface area contributed by atoms with Crippen molar-refractivity contribution in [2.45, 2.75) is 45.6 Å². The van der Waals surface area contributed by atoms with E-state index in [1.54, 1.807) is 11.3 Å². The molecule has 0 spiro atoms. The Morgan fingerprint density at radius 2 is 1.80 bits per heavy atom. The number of benzene rings is 2. The third-order valence-corrected chi connectivity index (χ3v) is 6.95. The van der Waals surface area contributed by atoms with E-state index in [4.69, 9.17) is 14.5 Å². The lowest BCUT2D eigenvalue weighted by atomic mass is 9.87. The van der Waals surface area contributed by atoms with Gasteiger partial charge in [-0.3, -0.25) is 9.69 Å². The second-order valence-electron chi connectivity index (χ2n) is 9.82. The van der Waals surface area contributed by atoms with Crippen molar-refractivity contribution in [2.24, 2.45) is 0 Å². The van der Waals surface area contributed by atoms with Crippen molar-refractivity contribution in [3.63, 3.8) is 0 Å². The van der Waals surface area contributed by atoms with Gasteiger partial charge in [0.25, 0.3) is 0 Å². The highest BCUT2D eigenvalue weighted by Crippen LogP contribution is 2.32. The standard InChI is InChI=1S/C28H35N3O3S/c1-28(2,3)22-11-13-23(14-12-22)34-17-7-10-25(32)29-27-30-26(21-8-5-4-6-9-21)24(35-27)20-31-15-18-33-19-16-31/h4-6,8-9,11-14H,7,10,15-20H2,1-3H3,(H,29,30,32). The Morgan fingerprint density at radius 3 is 2.49 bits per heavy atom. The largest absolute Gasteiger partial charge is 0.494 e. The van der Waals surface area contributed by atoms with E-state index >= 15 is 0 Å². The molecule has 0 saturated carbocycles. The summed E-state index contributed by atoms with van der Waals surface area (Å²) >= 11 is 1.56. The first-order valence-electron chi connectivity index (χ1n) is 12.3. The van der Waals surface area contributed by atoms with Crippen molar-refractivity contribution in [1.29, 1.82) is 0 Å². The molecule has 7 heteroatoms. The molecule has 2 aromatic carbocycles. The van der Waals surface area contributed by atoms with Crippen LogP contribution in [0, 0.1) is 0 Å². The monoisotopic (exact) mass is 493 g/mol. The van der Waals surface area contributed by atoms with Gasteiger partial charge in [0.15, 0.2) is 5.13 Å². The Balaban J connectivity index is 1.31. The number of hydrogen-bond acceptors (Lipinski definition) is 6. The van der Waals surface area contributed by atoms with Crippen LogP contribution in [0.3, 0.4) is 0 Å². The van der Waals surface area contributed by atoms with E-state index in [9.17, 15) is 4.79 Å². The second kappa shape index (κ2) is 11.8. The van der Waals surface area contributed by atoms with Gasteiger partial charge in [-0.25, -0.2) is 4.98 Å². The fourth-order valence-electron chi connectivity index (χ4n) is 3.95. The summed E-state index contributed by atoms with van der Waals surface area (Å²) in [6, 6.07) is 18.4. The maximum Gasteiger partial charge on any atom is 0.226 e. The van der Waals surface area contributed by atoms with Gasteiger partial charge in [-0.15, -0.1) is 0 Å². The Hall–Kier alpha value is -2.74. The quantitative estimate of drug-likeness (QED) is 0.385. The van der Waals surface area contributed by atoms with Crippen LogP contribution in [0.1, 0.15) is 44.1 Å². The van der Waals surface area contributed by atoms with Crippen LogP contribution in [-0.2, 0) is 21.5 Å². The molecule has 0 atom stereocenters. The second-order valence-corrected chi connectivity index (χ2v) is 10.9. The fourth-order valence-corrected chi connectivity index (χ4v) is 4.99. The molecule has 1 aliphatic rings. The summed E-state index contributed by atoms with van der Waals surface area (Å²) in [5.41, 5.74) is 3.41. The number of carbonyl (C=O) groups is 1. The molecule has 6 nitrogen and oxygen atoms in total. The van der Waals surface area contributed by atoms with Gasteiger partial charge in [0.1, 0.15) is 5.75 Å². The molecule has 0 unspecified atom stereocenters. The molecule has 0 radical (unpaired) electrons. The average molecular weight is 494 g/mol. The van der Waals surface area contributed by atoms with Gasteiger partial charge in [-0.05, 0) is 29.5 Å². The Labute approximate surface area is 212 Å². The predicted octanol–water partition coefficient (Wildman–Crippen LogP) is 5.74. The summed E-state index contributed by atoms with van der Waals surface area (Å²) in [6.07, 6.45) is 1.03. The summed E-state index contributed by atoms with van der Waals surface area (Å²) in [7, 11) is 0. The lowest BCUT2D eigenvalue weighted by Gasteiger charge is -2.26. The molecule has 0 bridgehead atoms. The zero-order valence-corrected chi connectivity index (χ0v) is 21.7. The Bertz CT molecular complexity index is 1080. The van der Waals surface area contributed by atoms with Crippen LogP contribution in [0.15, 0.2) is 54.6 Å². The number of rotatable bonds is 9. The number of hydrogen-bond donors (Lipinski definition) is 1. The first kappa shape index (κ1) is 25.4. The zero-order chi connectivity index (χ0) is 24.7. The molecule has 1 fully saturated rings. The van der Waals surface area contributed by atoms with E-state index in [1.165, 1.54) is 5.56 Å². The first-order valence-corrected chi connectivity index (χ1v) is 13.1. The third-order valence-electron chi connectivity index (χ3n) is 6.00. The van der Waals surface area contributed by atoms with Crippen molar-refractivity contribution in [3.05, 3.63) is 65.0 Å². The van der Waals surface area contributed by atoms with Crippen molar-refractivity contribution >= 4 is 22.4 Å². The van der Waals surface area contributed by atoms with Crippen LogP contribution in [0.2, 0.25) is 0 Å². The van der Waals surface area contributed by atoms with Crippen LogP contribution in [-0.4, -0.2) is 48.7 Å². The third kappa shape index (κ3) is 7.37. The normalized spacial score (nSPS) is 14.6. The van der Waals surface area contributed by atoms with Crippen molar-refractivity contribution in [3.8, 4) is 17.0 Å². The Kier molecular flexibility index (Phi) is 8.55. The van der Waals surface area contributed by atoms with Crippen molar-refractivity contribution in [1.82, 2.24) is 9.88 Å². The van der Waals surface area contributed by atoms with Gasteiger partial charge < -0.3 is 14.8 Å². The summed E-state index contributed by atoms with van der Waals surface area (Å²) in [6.45, 7) is 11.2. The minimum atomic E-state index is -0.0389. The van der Waals surface area contributed by atoms with E-state index in [-0.39, 0.29) is 11.3 Å². The van der Waals surface area contributed by atoms with E-state index in [1.807, 2.05) is 30.3 Å². The number of nitrogens with one attached hydrogen (secondary N) is 1. The minimum absolute atomic E-state index is 0.0389. The zero-order valence-electron chi connectivity index (χ0n) is 20.9. The number of ether oxygens (including phenoxy) is 2. The SMILES string of the molecule is CC(C)(C)c1ccc(OCCCC(=O)Nc2nc(-c3ccccc3)c(CN3CCOCC3)s2)cc1. The lowest BCUT2D eigenvalue weighted by molar-refractivity contribution is -0.116. The van der Waals surface area contributed by atoms with Crippen LogP contribution < -0.4 is 10.1 Å². The molecular weight excluding hydrogens is 458 g/mol. The van der Waals surface area contributed by atoms with E-state index in [0.717, 1.165) is 54.7 Å². The van der Waals surface area contributed by atoms with Gasteiger partial charge in [0.05, 0.1) is 25.5 Å². The highest BCUT2D eigenvalue weighted by Gasteiger charge is 2.19. The molecule has 186 valence electrons. The first-order chi connectivity index (χ1) is 16.9. The van der Waals surface area contributed by atoms with Crippen molar-refractivity contribution in [2.75, 3.05) is 38.2 Å². The van der Waals surface area contributed by atoms with Crippen LogP contribution in [0.4, 0.5) is 5.13 Å². The molecule has 3 aromatic rings.